The second-order valence-corrected chi connectivity index (χ2v) is 7.15. The average Bonchev–Trinajstić information content (AvgIpc) is 2.60. The van der Waals surface area contributed by atoms with E-state index < -0.39 is 5.97 Å². The molecule has 0 fully saturated rings. The maximum Gasteiger partial charge on any atom is 0.333 e. The molecule has 0 heterocycles. The van der Waals surface area contributed by atoms with E-state index in [2.05, 4.69) is 32.9 Å². The Morgan fingerprint density at radius 3 is 1.76 bits per heavy atom. The van der Waals surface area contributed by atoms with Crippen LogP contribution in [0.2, 0.25) is 0 Å². The number of carbonyl (C=O) groups excluding carboxylic acids is 1. The lowest BCUT2D eigenvalue weighted by Crippen LogP contribution is -2.07. The lowest BCUT2D eigenvalue weighted by Gasteiger charge is -2.07. The van der Waals surface area contributed by atoms with Gasteiger partial charge < -0.3 is 14.9 Å². The van der Waals surface area contributed by atoms with Crippen LogP contribution in [0.15, 0.2) is 46.6 Å². The summed E-state index contributed by atoms with van der Waals surface area (Å²) in [5, 5.41) is 16.3. The van der Waals surface area contributed by atoms with Crippen molar-refractivity contribution in [2.45, 2.75) is 80.1 Å². The summed E-state index contributed by atoms with van der Waals surface area (Å²) < 4.78 is 5.17. The van der Waals surface area contributed by atoms with E-state index in [1.807, 2.05) is 19.9 Å². The molecular weight excluding hydrogens is 368 g/mol. The zero-order valence-electron chi connectivity index (χ0n) is 19.1. The minimum atomic E-state index is -0.833. The summed E-state index contributed by atoms with van der Waals surface area (Å²) in [6.45, 7) is 11.8. The maximum absolute atomic E-state index is 12.1. The second kappa shape index (κ2) is 19.2. The Morgan fingerprint density at radius 1 is 0.793 bits per heavy atom. The molecule has 0 spiro atoms. The smallest absolute Gasteiger partial charge is 0.333 e. The third-order valence-corrected chi connectivity index (χ3v) is 3.90. The molecule has 5 nitrogen and oxygen atoms in total. The van der Waals surface area contributed by atoms with Gasteiger partial charge in [-0.25, -0.2) is 4.79 Å². The number of carboxylic acid groups (broad SMARTS) is 1. The summed E-state index contributed by atoms with van der Waals surface area (Å²) in [5.74, 6) is -1.04. The van der Waals surface area contributed by atoms with Crippen LogP contribution in [0.1, 0.15) is 80.1 Å². The minimum Gasteiger partial charge on any atom is -0.481 e. The molecule has 0 rings (SSSR count). The quantitative estimate of drug-likeness (QED) is 0.244. The van der Waals surface area contributed by atoms with Gasteiger partial charge in [-0.3, -0.25) is 4.79 Å². The lowest BCUT2D eigenvalue weighted by atomic mass is 10.0. The number of aliphatic hydroxyl groups excluding tert-OH is 1. The monoisotopic (exact) mass is 408 g/mol. The van der Waals surface area contributed by atoms with Gasteiger partial charge in [0.25, 0.3) is 5.97 Å². The molecule has 0 aromatic carbocycles. The Balaban J connectivity index is 0. The Kier molecular flexibility index (Phi) is 19.2. The fourth-order valence-electron chi connectivity index (χ4n) is 2.41. The zero-order chi connectivity index (χ0) is 22.7. The summed E-state index contributed by atoms with van der Waals surface area (Å²) in [7, 11) is 0. The van der Waals surface area contributed by atoms with Crippen LogP contribution in [-0.2, 0) is 14.3 Å². The van der Waals surface area contributed by atoms with E-state index in [0.29, 0.717) is 13.0 Å². The Morgan fingerprint density at radius 2 is 1.28 bits per heavy atom. The highest BCUT2D eigenvalue weighted by Gasteiger charge is 2.09. The topological polar surface area (TPSA) is 83.8 Å². The third kappa shape index (κ3) is 22.0. The van der Waals surface area contributed by atoms with Gasteiger partial charge in [0.15, 0.2) is 0 Å². The van der Waals surface area contributed by atoms with Crippen LogP contribution in [0.4, 0.5) is 0 Å². The van der Waals surface area contributed by atoms with E-state index in [9.17, 15) is 4.79 Å². The molecule has 5 heteroatoms. The van der Waals surface area contributed by atoms with Crippen molar-refractivity contribution in [2.24, 2.45) is 0 Å². The number of ether oxygens (including phenoxy) is 1. The molecule has 0 aromatic heterocycles. The van der Waals surface area contributed by atoms with E-state index in [1.165, 1.54) is 11.1 Å². The first-order valence-corrected chi connectivity index (χ1v) is 10.2. The molecule has 0 aliphatic rings. The number of carboxylic acids is 1. The summed E-state index contributed by atoms with van der Waals surface area (Å²) in [5.41, 5.74) is 4.61. The van der Waals surface area contributed by atoms with Crippen LogP contribution in [0.3, 0.4) is 0 Å². The van der Waals surface area contributed by atoms with E-state index in [1.54, 1.807) is 6.08 Å². The van der Waals surface area contributed by atoms with E-state index in [-0.39, 0.29) is 12.6 Å². The Labute approximate surface area is 176 Å². The molecule has 0 aromatic rings. The van der Waals surface area contributed by atoms with Gasteiger partial charge in [-0.1, -0.05) is 41.0 Å². The van der Waals surface area contributed by atoms with Crippen molar-refractivity contribution in [1.82, 2.24) is 0 Å². The molecule has 0 radical (unpaired) electrons. The lowest BCUT2D eigenvalue weighted by molar-refractivity contribution is -0.138. The van der Waals surface area contributed by atoms with Crippen molar-refractivity contribution in [3.63, 3.8) is 0 Å². The molecule has 0 bridgehead atoms. The summed E-state index contributed by atoms with van der Waals surface area (Å²) in [6, 6.07) is 0. The number of hydrogen-bond donors (Lipinski definition) is 2. The van der Waals surface area contributed by atoms with E-state index in [4.69, 9.17) is 19.7 Å². The number of hydrogen-bond acceptors (Lipinski definition) is 4. The largest absolute Gasteiger partial charge is 0.481 e. The van der Waals surface area contributed by atoms with Crippen LogP contribution >= 0.6 is 0 Å². The fourth-order valence-corrected chi connectivity index (χ4v) is 2.41. The number of aliphatic hydroxyl groups is 1. The highest BCUT2D eigenvalue weighted by Crippen LogP contribution is 2.15. The highest BCUT2D eigenvalue weighted by molar-refractivity contribution is 5.88. The predicted octanol–water partition coefficient (Wildman–Crippen LogP) is 5.76. The van der Waals surface area contributed by atoms with E-state index in [0.717, 1.165) is 50.2 Å². The maximum atomic E-state index is 12.1. The van der Waals surface area contributed by atoms with Gasteiger partial charge in [-0.15, -0.1) is 0 Å². The number of allylic oxidation sites excluding steroid dienone is 6. The van der Waals surface area contributed by atoms with Gasteiger partial charge in [-0.2, -0.15) is 0 Å². The first-order valence-electron chi connectivity index (χ1n) is 10.2. The summed E-state index contributed by atoms with van der Waals surface area (Å²) >= 11 is 0. The molecular formula is C24H40O5. The molecule has 2 N–H and O–H groups in total. The van der Waals surface area contributed by atoms with Gasteiger partial charge in [-0.05, 0) is 73.1 Å². The normalized spacial score (nSPS) is 12.0. The van der Waals surface area contributed by atoms with Gasteiger partial charge in [0, 0.05) is 12.5 Å². The molecule has 0 aliphatic heterocycles. The first kappa shape index (κ1) is 29.1. The SMILES string of the molecule is CC(=O)O.CCOC(=O)C(=CCCC(C)=CCO)CCC=C(C)CCC=C(C)C. The molecule has 0 saturated heterocycles. The highest BCUT2D eigenvalue weighted by atomic mass is 16.5. The molecule has 29 heavy (non-hydrogen) atoms. The molecule has 0 aliphatic carbocycles. The Bertz CT molecular complexity index is 586. The van der Waals surface area contributed by atoms with Crippen molar-refractivity contribution in [3.8, 4) is 0 Å². The fraction of sp³-hybridized carbons (Fsp3) is 0.583. The van der Waals surface area contributed by atoms with Gasteiger partial charge in [0.2, 0.25) is 0 Å². The number of carbonyl (C=O) groups is 2. The molecule has 0 unspecified atom stereocenters. The van der Waals surface area contributed by atoms with Crippen LogP contribution in [0.25, 0.3) is 0 Å². The Hall–Kier alpha value is -2.14. The van der Waals surface area contributed by atoms with Gasteiger partial charge in [0.05, 0.1) is 13.2 Å². The van der Waals surface area contributed by atoms with Crippen LogP contribution in [0, 0.1) is 0 Å². The average molecular weight is 409 g/mol. The second-order valence-electron chi connectivity index (χ2n) is 7.15. The summed E-state index contributed by atoms with van der Waals surface area (Å²) in [6.07, 6.45) is 13.6. The number of rotatable bonds is 12. The zero-order valence-corrected chi connectivity index (χ0v) is 19.1. The molecule has 166 valence electrons. The van der Waals surface area contributed by atoms with E-state index >= 15 is 0 Å². The van der Waals surface area contributed by atoms with Crippen molar-refractivity contribution < 1.29 is 24.5 Å². The van der Waals surface area contributed by atoms with Crippen molar-refractivity contribution in [1.29, 1.82) is 0 Å². The third-order valence-electron chi connectivity index (χ3n) is 3.90. The van der Waals surface area contributed by atoms with Crippen LogP contribution in [0.5, 0.6) is 0 Å². The van der Waals surface area contributed by atoms with Crippen LogP contribution < -0.4 is 0 Å². The van der Waals surface area contributed by atoms with Crippen molar-refractivity contribution >= 4 is 11.9 Å². The predicted molar refractivity (Wildman–Crippen MR) is 120 cm³/mol. The molecule has 0 amide bonds. The van der Waals surface area contributed by atoms with Crippen LogP contribution in [-0.4, -0.2) is 35.4 Å². The summed E-state index contributed by atoms with van der Waals surface area (Å²) in [4.78, 5) is 21.1. The van der Waals surface area contributed by atoms with Gasteiger partial charge >= 0.3 is 5.97 Å². The van der Waals surface area contributed by atoms with Gasteiger partial charge in [0.1, 0.15) is 0 Å². The number of esters is 1. The standard InChI is InChI=1S/C22H36O3.C2H4O2/c1-6-25-22(24)21(15-9-13-20(5)16-17-23)14-8-12-19(4)11-7-10-18(2)3;1-2(3)4/h10,12,15-16,23H,6-9,11,13-14,17H2,1-5H3;1H3,(H,3,4). The first-order chi connectivity index (χ1) is 13.6. The molecule has 0 saturated carbocycles. The van der Waals surface area contributed by atoms with Crippen molar-refractivity contribution in [3.05, 3.63) is 46.6 Å². The molecule has 0 atom stereocenters. The van der Waals surface area contributed by atoms with Crippen molar-refractivity contribution in [2.75, 3.05) is 13.2 Å². The number of aliphatic carboxylic acids is 1. The minimum absolute atomic E-state index is 0.0666.